The van der Waals surface area contributed by atoms with E-state index < -0.39 is 0 Å². The Labute approximate surface area is 161 Å². The third-order valence-corrected chi connectivity index (χ3v) is 5.09. The fourth-order valence-electron chi connectivity index (χ4n) is 3.63. The van der Waals surface area contributed by atoms with E-state index in [0.717, 1.165) is 29.8 Å². The van der Waals surface area contributed by atoms with Gasteiger partial charge in [-0.2, -0.15) is 0 Å². The second-order valence-electron chi connectivity index (χ2n) is 7.10. The van der Waals surface area contributed by atoms with E-state index in [0.29, 0.717) is 12.5 Å². The maximum atomic E-state index is 6.13. The molecule has 4 heteroatoms. The fraction of sp³-hybridized carbons (Fsp3) is 0.348. The fourth-order valence-corrected chi connectivity index (χ4v) is 3.63. The van der Waals surface area contributed by atoms with Gasteiger partial charge in [0.25, 0.3) is 0 Å². The van der Waals surface area contributed by atoms with Crippen LogP contribution in [-0.4, -0.2) is 40.9 Å². The molecule has 1 aromatic heterocycles. The Balaban J connectivity index is 1.47. The Hall–Kier alpha value is -2.59. The first-order valence-corrected chi connectivity index (χ1v) is 9.96. The highest BCUT2D eigenvalue weighted by Gasteiger charge is 2.14. The van der Waals surface area contributed by atoms with E-state index in [2.05, 4.69) is 47.5 Å². The average molecular weight is 361 g/mol. The molecule has 1 aliphatic heterocycles. The van der Waals surface area contributed by atoms with Crippen LogP contribution in [0.5, 0.6) is 5.88 Å². The monoisotopic (exact) mass is 361 g/mol. The number of likely N-dealkylation sites (tertiary alicyclic amines) is 1. The predicted molar refractivity (Wildman–Crippen MR) is 109 cm³/mol. The van der Waals surface area contributed by atoms with E-state index in [9.17, 15) is 0 Å². The lowest BCUT2D eigenvalue weighted by Gasteiger charge is -2.26. The van der Waals surface area contributed by atoms with E-state index in [1.165, 1.54) is 32.4 Å². The number of hydrogen-bond acceptors (Lipinski definition) is 3. The van der Waals surface area contributed by atoms with Gasteiger partial charge >= 0.3 is 0 Å². The lowest BCUT2D eigenvalue weighted by atomic mass is 10.1. The highest BCUT2D eigenvalue weighted by Crippen LogP contribution is 2.30. The first-order valence-electron chi connectivity index (χ1n) is 9.96. The highest BCUT2D eigenvalue weighted by atomic mass is 16.5. The molecule has 0 amide bonds. The minimum Gasteiger partial charge on any atom is -0.476 e. The topological polar surface area (TPSA) is 30.3 Å². The Morgan fingerprint density at radius 3 is 2.30 bits per heavy atom. The van der Waals surface area contributed by atoms with Gasteiger partial charge in [-0.05, 0) is 50.0 Å². The van der Waals surface area contributed by atoms with Crippen LogP contribution in [0.4, 0.5) is 0 Å². The molecule has 2 aromatic carbocycles. The number of para-hydroxylation sites is 1. The molecule has 4 nitrogen and oxygen atoms in total. The highest BCUT2D eigenvalue weighted by molar-refractivity contribution is 5.68. The number of nitrogens with zero attached hydrogens (tertiary/aromatic N) is 3. The smallest absolute Gasteiger partial charge is 0.241 e. The summed E-state index contributed by atoms with van der Waals surface area (Å²) in [4.78, 5) is 2.55. The zero-order valence-corrected chi connectivity index (χ0v) is 15.8. The van der Waals surface area contributed by atoms with Crippen molar-refractivity contribution in [3.8, 4) is 22.7 Å². The second-order valence-corrected chi connectivity index (χ2v) is 7.10. The lowest BCUT2D eigenvalue weighted by molar-refractivity contribution is 0.203. The van der Waals surface area contributed by atoms with E-state index in [4.69, 9.17) is 9.84 Å². The SMILES string of the molecule is c1ccc(-c2cn(-c3ccccc3)nc2OCCCN2CCCCC2)cc1. The Kier molecular flexibility index (Phi) is 5.85. The largest absolute Gasteiger partial charge is 0.476 e. The van der Waals surface area contributed by atoms with Crippen molar-refractivity contribution in [2.24, 2.45) is 0 Å². The van der Waals surface area contributed by atoms with Crippen molar-refractivity contribution in [1.29, 1.82) is 0 Å². The summed E-state index contributed by atoms with van der Waals surface area (Å²) in [5.41, 5.74) is 3.21. The summed E-state index contributed by atoms with van der Waals surface area (Å²) in [5, 5.41) is 4.72. The minimum atomic E-state index is 0.697. The van der Waals surface area contributed by atoms with Gasteiger partial charge in [0.05, 0.1) is 17.9 Å². The van der Waals surface area contributed by atoms with E-state index in [1.54, 1.807) is 0 Å². The molecule has 1 aliphatic rings. The molecule has 0 spiro atoms. The van der Waals surface area contributed by atoms with Crippen molar-refractivity contribution in [2.75, 3.05) is 26.2 Å². The van der Waals surface area contributed by atoms with Crippen LogP contribution >= 0.6 is 0 Å². The lowest BCUT2D eigenvalue weighted by Crippen LogP contribution is -2.31. The van der Waals surface area contributed by atoms with Crippen LogP contribution in [-0.2, 0) is 0 Å². The predicted octanol–water partition coefficient (Wildman–Crippen LogP) is 4.79. The molecule has 1 saturated heterocycles. The quantitative estimate of drug-likeness (QED) is 0.567. The molecule has 2 heterocycles. The van der Waals surface area contributed by atoms with Gasteiger partial charge in [0.1, 0.15) is 0 Å². The third-order valence-electron chi connectivity index (χ3n) is 5.09. The molecule has 140 valence electrons. The van der Waals surface area contributed by atoms with Crippen LogP contribution in [0, 0.1) is 0 Å². The average Bonchev–Trinajstić information content (AvgIpc) is 3.17. The molecule has 3 aromatic rings. The van der Waals surface area contributed by atoms with Gasteiger partial charge in [0.2, 0.25) is 5.88 Å². The van der Waals surface area contributed by atoms with Crippen LogP contribution in [0.2, 0.25) is 0 Å². The van der Waals surface area contributed by atoms with Gasteiger partial charge in [-0.15, -0.1) is 5.10 Å². The summed E-state index contributed by atoms with van der Waals surface area (Å²) < 4.78 is 8.03. The molecule has 0 N–H and O–H groups in total. The van der Waals surface area contributed by atoms with E-state index in [1.807, 2.05) is 28.9 Å². The summed E-state index contributed by atoms with van der Waals surface area (Å²) in [6, 6.07) is 20.5. The van der Waals surface area contributed by atoms with Crippen LogP contribution in [0.1, 0.15) is 25.7 Å². The first kappa shape index (κ1) is 17.8. The van der Waals surface area contributed by atoms with Gasteiger partial charge in [0, 0.05) is 12.7 Å². The van der Waals surface area contributed by atoms with E-state index >= 15 is 0 Å². The Bertz CT molecular complexity index is 823. The van der Waals surface area contributed by atoms with Crippen molar-refractivity contribution in [3.05, 3.63) is 66.9 Å². The maximum Gasteiger partial charge on any atom is 0.241 e. The second kappa shape index (κ2) is 8.87. The van der Waals surface area contributed by atoms with Crippen molar-refractivity contribution < 1.29 is 4.74 Å². The Morgan fingerprint density at radius 2 is 1.56 bits per heavy atom. The zero-order valence-electron chi connectivity index (χ0n) is 15.8. The van der Waals surface area contributed by atoms with Crippen LogP contribution in [0.3, 0.4) is 0 Å². The molecule has 0 aliphatic carbocycles. The molecule has 0 atom stereocenters. The van der Waals surface area contributed by atoms with E-state index in [-0.39, 0.29) is 0 Å². The number of benzene rings is 2. The molecular weight excluding hydrogens is 334 g/mol. The van der Waals surface area contributed by atoms with Crippen molar-refractivity contribution in [1.82, 2.24) is 14.7 Å². The van der Waals surface area contributed by atoms with Crippen molar-refractivity contribution in [3.63, 3.8) is 0 Å². The summed E-state index contributed by atoms with van der Waals surface area (Å²) >= 11 is 0. The van der Waals surface area contributed by atoms with Crippen LogP contribution in [0.25, 0.3) is 16.8 Å². The normalized spacial score (nSPS) is 15.0. The summed E-state index contributed by atoms with van der Waals surface area (Å²) in [7, 11) is 0. The zero-order chi connectivity index (χ0) is 18.3. The van der Waals surface area contributed by atoms with Gasteiger partial charge in [-0.3, -0.25) is 0 Å². The molecule has 1 fully saturated rings. The first-order chi connectivity index (χ1) is 13.4. The standard InChI is InChI=1S/C23H27N3O/c1-4-11-20(12-5-1)22-19-26(21-13-6-2-7-14-21)24-23(22)27-18-10-17-25-15-8-3-9-16-25/h1-2,4-7,11-14,19H,3,8-10,15-18H2. The molecule has 0 saturated carbocycles. The summed E-state index contributed by atoms with van der Waals surface area (Å²) in [6.45, 7) is 4.28. The van der Waals surface area contributed by atoms with Crippen LogP contribution in [0.15, 0.2) is 66.9 Å². The maximum absolute atomic E-state index is 6.13. The molecular formula is C23H27N3O. The van der Waals surface area contributed by atoms with Crippen molar-refractivity contribution in [2.45, 2.75) is 25.7 Å². The van der Waals surface area contributed by atoms with Gasteiger partial charge in [0.15, 0.2) is 0 Å². The van der Waals surface area contributed by atoms with Gasteiger partial charge < -0.3 is 9.64 Å². The molecule has 0 unspecified atom stereocenters. The number of rotatable bonds is 7. The molecule has 27 heavy (non-hydrogen) atoms. The van der Waals surface area contributed by atoms with Gasteiger partial charge in [-0.25, -0.2) is 4.68 Å². The minimum absolute atomic E-state index is 0.697. The number of piperidine rings is 1. The third kappa shape index (κ3) is 4.58. The van der Waals surface area contributed by atoms with Crippen LogP contribution < -0.4 is 4.74 Å². The van der Waals surface area contributed by atoms with Gasteiger partial charge in [-0.1, -0.05) is 55.0 Å². The number of aromatic nitrogens is 2. The molecule has 4 rings (SSSR count). The molecule has 0 bridgehead atoms. The van der Waals surface area contributed by atoms with Crippen molar-refractivity contribution >= 4 is 0 Å². The Morgan fingerprint density at radius 1 is 0.852 bits per heavy atom. The number of ether oxygens (including phenoxy) is 1. The summed E-state index contributed by atoms with van der Waals surface area (Å²) in [5.74, 6) is 0.712. The summed E-state index contributed by atoms with van der Waals surface area (Å²) in [6.07, 6.45) is 7.14. The molecule has 0 radical (unpaired) electrons. The number of hydrogen-bond donors (Lipinski definition) is 0.